The van der Waals surface area contributed by atoms with Gasteiger partial charge >= 0.3 is 5.97 Å². The zero-order valence-electron chi connectivity index (χ0n) is 29.0. The third-order valence-electron chi connectivity index (χ3n) is 8.49. The van der Waals surface area contributed by atoms with E-state index in [1.54, 1.807) is 24.4 Å². The van der Waals surface area contributed by atoms with Crippen LogP contribution < -0.4 is 14.4 Å². The average molecular weight is 693 g/mol. The standard InChI is InChI=1S/C40H41ClN4O5/c1-8-18-44-19-21-49-32-17-16-30(35(41)37(32)44)36-34(40(7,38(46)47)50-39(4,5)6)25(3)42-33-24-31(43-45(33)36)28-14-10-12-26(22-28)27-13-11-15-29(23-27)48-20-9-2/h8-17,22-24H,1-2,18-21H2,3-7H3,(H,46,47)/t40-/m0/s1. The Hall–Kier alpha value is -5.12. The Bertz CT molecular complexity index is 2120. The second-order valence-corrected chi connectivity index (χ2v) is 13.7. The summed E-state index contributed by atoms with van der Waals surface area (Å²) >= 11 is 7.31. The first-order valence-electron chi connectivity index (χ1n) is 16.4. The highest BCUT2D eigenvalue weighted by atomic mass is 35.5. The predicted molar refractivity (Wildman–Crippen MR) is 198 cm³/mol. The van der Waals surface area contributed by atoms with E-state index >= 15 is 0 Å². The summed E-state index contributed by atoms with van der Waals surface area (Å²) < 4.78 is 19.8. The summed E-state index contributed by atoms with van der Waals surface area (Å²) in [6, 6.07) is 21.5. The molecule has 10 heteroatoms. The van der Waals surface area contributed by atoms with Crippen molar-refractivity contribution in [1.29, 1.82) is 0 Å². The maximum atomic E-state index is 13.2. The van der Waals surface area contributed by atoms with E-state index in [2.05, 4.69) is 24.1 Å². The quantitative estimate of drug-likeness (QED) is 0.137. The largest absolute Gasteiger partial charge is 0.490 e. The van der Waals surface area contributed by atoms with Gasteiger partial charge in [0.15, 0.2) is 11.2 Å². The highest BCUT2D eigenvalue weighted by Crippen LogP contribution is 2.47. The molecular formula is C40H41ClN4O5. The van der Waals surface area contributed by atoms with E-state index in [-0.39, 0.29) is 0 Å². The van der Waals surface area contributed by atoms with Crippen LogP contribution >= 0.6 is 11.6 Å². The lowest BCUT2D eigenvalue weighted by molar-refractivity contribution is -0.183. The van der Waals surface area contributed by atoms with E-state index in [9.17, 15) is 9.90 Å². The summed E-state index contributed by atoms with van der Waals surface area (Å²) in [7, 11) is 0. The molecule has 0 saturated carbocycles. The predicted octanol–water partition coefficient (Wildman–Crippen LogP) is 8.76. The molecule has 0 radical (unpaired) electrons. The fraction of sp³-hybridized carbons (Fsp3) is 0.275. The van der Waals surface area contributed by atoms with Crippen molar-refractivity contribution < 1.29 is 24.1 Å². The van der Waals surface area contributed by atoms with Gasteiger partial charge in [-0.05, 0) is 76.1 Å². The number of aryl methyl sites for hydroxylation is 1. The Kier molecular flexibility index (Phi) is 9.48. The number of hydrogen-bond acceptors (Lipinski definition) is 7. The summed E-state index contributed by atoms with van der Waals surface area (Å²) in [5.74, 6) is 0.220. The van der Waals surface area contributed by atoms with Crippen LogP contribution in [-0.4, -0.2) is 57.6 Å². The number of rotatable bonds is 11. The zero-order chi connectivity index (χ0) is 35.8. The maximum absolute atomic E-state index is 13.2. The van der Waals surface area contributed by atoms with Gasteiger partial charge in [0, 0.05) is 35.0 Å². The number of benzene rings is 3. The minimum Gasteiger partial charge on any atom is -0.490 e. The molecule has 258 valence electrons. The highest BCUT2D eigenvalue weighted by Gasteiger charge is 2.45. The third-order valence-corrected chi connectivity index (χ3v) is 8.87. The number of halogens is 1. The molecular weight excluding hydrogens is 652 g/mol. The Balaban J connectivity index is 1.60. The van der Waals surface area contributed by atoms with E-state index in [4.69, 9.17) is 35.9 Å². The molecule has 0 amide bonds. The van der Waals surface area contributed by atoms with Crippen LogP contribution in [0.25, 0.3) is 39.3 Å². The number of nitrogens with zero attached hydrogens (tertiary/aromatic N) is 4. The average Bonchev–Trinajstić information content (AvgIpc) is 3.50. The number of aromatic nitrogens is 3. The molecule has 2 aromatic heterocycles. The third kappa shape index (κ3) is 6.58. The van der Waals surface area contributed by atoms with Crippen LogP contribution in [0.4, 0.5) is 5.69 Å². The van der Waals surface area contributed by atoms with Gasteiger partial charge in [-0.3, -0.25) is 0 Å². The molecule has 1 aliphatic rings. The zero-order valence-corrected chi connectivity index (χ0v) is 29.8. The van der Waals surface area contributed by atoms with Crippen molar-refractivity contribution in [2.45, 2.75) is 45.8 Å². The van der Waals surface area contributed by atoms with Gasteiger partial charge in [0.25, 0.3) is 0 Å². The summed E-state index contributed by atoms with van der Waals surface area (Å²) in [6.07, 6.45) is 3.53. The smallest absolute Gasteiger partial charge is 0.340 e. The van der Waals surface area contributed by atoms with Crippen molar-refractivity contribution in [2.24, 2.45) is 0 Å². The molecule has 0 fully saturated rings. The number of ether oxygens (including phenoxy) is 3. The van der Waals surface area contributed by atoms with Crippen LogP contribution in [0.2, 0.25) is 5.02 Å². The SMILES string of the molecule is C=CCOc1cccc(-c2cccc(-c3cc4nc(C)c([C@](C)(OC(C)(C)C)C(=O)O)c(-c5ccc6c(c5Cl)N(CC=C)CCO6)n4n3)c2)c1. The van der Waals surface area contributed by atoms with Crippen molar-refractivity contribution >= 4 is 28.9 Å². The number of anilines is 1. The molecule has 0 bridgehead atoms. The molecule has 50 heavy (non-hydrogen) atoms. The first-order valence-corrected chi connectivity index (χ1v) is 16.8. The van der Waals surface area contributed by atoms with Crippen molar-refractivity contribution in [1.82, 2.24) is 14.6 Å². The highest BCUT2D eigenvalue weighted by molar-refractivity contribution is 6.36. The number of aliphatic carboxylic acids is 1. The molecule has 3 heterocycles. The topological polar surface area (TPSA) is 98.4 Å². The van der Waals surface area contributed by atoms with Crippen molar-refractivity contribution in [3.8, 4) is 45.1 Å². The summed E-state index contributed by atoms with van der Waals surface area (Å²) in [5, 5.41) is 16.3. The molecule has 0 unspecified atom stereocenters. The molecule has 0 aliphatic carbocycles. The van der Waals surface area contributed by atoms with E-state index in [0.29, 0.717) is 76.6 Å². The first kappa shape index (κ1) is 34.7. The number of hydrogen-bond donors (Lipinski definition) is 1. The normalized spacial score (nSPS) is 14.1. The molecule has 1 atom stereocenters. The van der Waals surface area contributed by atoms with Gasteiger partial charge in [-0.15, -0.1) is 6.58 Å². The molecule has 0 spiro atoms. The molecule has 0 saturated heterocycles. The summed E-state index contributed by atoms with van der Waals surface area (Å²) in [4.78, 5) is 20.2. The lowest BCUT2D eigenvalue weighted by Crippen LogP contribution is -2.43. The molecule has 1 N–H and O–H groups in total. The second kappa shape index (κ2) is 13.7. The van der Waals surface area contributed by atoms with Gasteiger partial charge in [0.05, 0.1) is 34.2 Å². The Morgan fingerprint density at radius 3 is 2.44 bits per heavy atom. The summed E-state index contributed by atoms with van der Waals surface area (Å²) in [6.45, 7) is 18.6. The van der Waals surface area contributed by atoms with E-state index in [1.807, 2.05) is 87.5 Å². The van der Waals surface area contributed by atoms with E-state index < -0.39 is 17.2 Å². The minimum atomic E-state index is -1.82. The fourth-order valence-corrected chi connectivity index (χ4v) is 6.90. The van der Waals surface area contributed by atoms with E-state index in [0.717, 1.165) is 22.4 Å². The van der Waals surface area contributed by atoms with Crippen LogP contribution in [-0.2, 0) is 15.1 Å². The van der Waals surface area contributed by atoms with Crippen LogP contribution in [0, 0.1) is 6.92 Å². The van der Waals surface area contributed by atoms with E-state index in [1.165, 1.54) is 0 Å². The van der Waals surface area contributed by atoms with Crippen LogP contribution in [0.1, 0.15) is 39.0 Å². The van der Waals surface area contributed by atoms with Crippen LogP contribution in [0.5, 0.6) is 11.5 Å². The molecule has 1 aliphatic heterocycles. The second-order valence-electron chi connectivity index (χ2n) is 13.3. The Morgan fingerprint density at radius 2 is 1.74 bits per heavy atom. The maximum Gasteiger partial charge on any atom is 0.340 e. The van der Waals surface area contributed by atoms with Gasteiger partial charge in [-0.2, -0.15) is 5.10 Å². The number of carboxylic acids is 1. The van der Waals surface area contributed by atoms with Crippen molar-refractivity contribution in [3.05, 3.63) is 108 Å². The van der Waals surface area contributed by atoms with Gasteiger partial charge < -0.3 is 24.2 Å². The molecule has 6 rings (SSSR count). The van der Waals surface area contributed by atoms with Crippen molar-refractivity contribution in [3.63, 3.8) is 0 Å². The van der Waals surface area contributed by atoms with Gasteiger partial charge in [-0.25, -0.2) is 14.3 Å². The van der Waals surface area contributed by atoms with Gasteiger partial charge in [0.1, 0.15) is 24.7 Å². The molecule has 9 nitrogen and oxygen atoms in total. The van der Waals surface area contributed by atoms with Gasteiger partial charge in [-0.1, -0.05) is 60.7 Å². The number of carbonyl (C=O) groups is 1. The van der Waals surface area contributed by atoms with Gasteiger partial charge in [0.2, 0.25) is 0 Å². The number of carboxylic acid groups (broad SMARTS) is 1. The Morgan fingerprint density at radius 1 is 1.02 bits per heavy atom. The minimum absolute atomic E-state index is 0.348. The lowest BCUT2D eigenvalue weighted by Gasteiger charge is -2.36. The number of fused-ring (bicyclic) bond motifs is 2. The lowest BCUT2D eigenvalue weighted by atomic mass is 9.88. The summed E-state index contributed by atoms with van der Waals surface area (Å²) in [5.41, 5.74) is 3.92. The fourth-order valence-electron chi connectivity index (χ4n) is 6.53. The monoisotopic (exact) mass is 692 g/mol. The molecule has 5 aromatic rings. The Labute approximate surface area is 297 Å². The van der Waals surface area contributed by atoms with Crippen molar-refractivity contribution in [2.75, 3.05) is 31.2 Å². The van der Waals surface area contributed by atoms with Crippen LogP contribution in [0.15, 0.2) is 92.0 Å². The van der Waals surface area contributed by atoms with Crippen LogP contribution in [0.3, 0.4) is 0 Å². The molecule has 3 aromatic carbocycles. The first-order chi connectivity index (χ1) is 23.8.